The summed E-state index contributed by atoms with van der Waals surface area (Å²) in [5, 5.41) is 28.0. The van der Waals surface area contributed by atoms with Crippen LogP contribution in [0.15, 0.2) is 72.8 Å². The SMILES string of the molecule is O=C1c2[nH]nc(-c3ccccc3O)c2C(c2ccc(O)cc2)N1Cc1ccc(Cl)cc1. The Morgan fingerprint density at radius 3 is 2.39 bits per heavy atom. The maximum absolute atomic E-state index is 13.4. The van der Waals surface area contributed by atoms with Crippen molar-refractivity contribution in [3.8, 4) is 22.8 Å². The molecule has 0 bridgehead atoms. The summed E-state index contributed by atoms with van der Waals surface area (Å²) in [4.78, 5) is 15.1. The van der Waals surface area contributed by atoms with Crippen LogP contribution in [0.5, 0.6) is 11.5 Å². The summed E-state index contributed by atoms with van der Waals surface area (Å²) in [7, 11) is 0. The molecule has 31 heavy (non-hydrogen) atoms. The Labute approximate surface area is 183 Å². The van der Waals surface area contributed by atoms with E-state index >= 15 is 0 Å². The molecule has 0 radical (unpaired) electrons. The molecular formula is C24H18ClN3O3. The van der Waals surface area contributed by atoms with E-state index in [-0.39, 0.29) is 17.4 Å². The van der Waals surface area contributed by atoms with E-state index in [1.165, 1.54) is 0 Å². The molecule has 1 aliphatic heterocycles. The third-order valence-corrected chi connectivity index (χ3v) is 5.75. The van der Waals surface area contributed by atoms with Crippen molar-refractivity contribution in [3.05, 3.63) is 100 Å². The molecule has 7 heteroatoms. The van der Waals surface area contributed by atoms with Gasteiger partial charge >= 0.3 is 0 Å². The van der Waals surface area contributed by atoms with Gasteiger partial charge in [-0.05, 0) is 47.5 Å². The van der Waals surface area contributed by atoms with Gasteiger partial charge in [-0.15, -0.1) is 0 Å². The second-order valence-corrected chi connectivity index (χ2v) is 7.87. The average molecular weight is 432 g/mol. The Morgan fingerprint density at radius 2 is 1.68 bits per heavy atom. The van der Waals surface area contributed by atoms with Crippen LogP contribution in [0.2, 0.25) is 5.02 Å². The van der Waals surface area contributed by atoms with E-state index in [2.05, 4.69) is 10.2 Å². The van der Waals surface area contributed by atoms with Crippen molar-refractivity contribution in [2.75, 3.05) is 0 Å². The molecule has 6 nitrogen and oxygen atoms in total. The Hall–Kier alpha value is -3.77. The normalized spacial score (nSPS) is 15.3. The number of aromatic nitrogens is 2. The minimum atomic E-state index is -0.438. The van der Waals surface area contributed by atoms with E-state index in [1.54, 1.807) is 59.5 Å². The molecule has 1 aliphatic rings. The van der Waals surface area contributed by atoms with Gasteiger partial charge in [0.1, 0.15) is 22.9 Å². The summed E-state index contributed by atoms with van der Waals surface area (Å²) < 4.78 is 0. The highest BCUT2D eigenvalue weighted by molar-refractivity contribution is 6.30. The minimum Gasteiger partial charge on any atom is -0.508 e. The first-order valence-electron chi connectivity index (χ1n) is 9.74. The first kappa shape index (κ1) is 19.2. The smallest absolute Gasteiger partial charge is 0.273 e. The largest absolute Gasteiger partial charge is 0.508 e. The van der Waals surface area contributed by atoms with Gasteiger partial charge in [-0.2, -0.15) is 5.10 Å². The fraction of sp³-hybridized carbons (Fsp3) is 0.0833. The summed E-state index contributed by atoms with van der Waals surface area (Å²) in [6, 6.07) is 20.6. The number of carbonyl (C=O) groups excluding carboxylic acids is 1. The summed E-state index contributed by atoms with van der Waals surface area (Å²) in [6.45, 7) is 0.365. The Morgan fingerprint density at radius 1 is 0.968 bits per heavy atom. The number of aromatic amines is 1. The molecule has 0 saturated carbocycles. The van der Waals surface area contributed by atoms with Crippen LogP contribution in [0.25, 0.3) is 11.3 Å². The third kappa shape index (κ3) is 3.31. The van der Waals surface area contributed by atoms with E-state index in [0.29, 0.717) is 34.1 Å². The lowest BCUT2D eigenvalue weighted by Gasteiger charge is -2.26. The Kier molecular flexibility index (Phi) is 4.64. The second-order valence-electron chi connectivity index (χ2n) is 7.43. The highest BCUT2D eigenvalue weighted by atomic mass is 35.5. The molecule has 1 amide bonds. The molecule has 1 aromatic heterocycles. The van der Waals surface area contributed by atoms with E-state index < -0.39 is 6.04 Å². The number of rotatable bonds is 4. The van der Waals surface area contributed by atoms with E-state index in [0.717, 1.165) is 11.1 Å². The second kappa shape index (κ2) is 7.49. The summed E-state index contributed by atoms with van der Waals surface area (Å²) in [5.41, 5.74) is 3.93. The number of carbonyl (C=O) groups is 1. The molecule has 4 aromatic rings. The van der Waals surface area contributed by atoms with Crippen LogP contribution in [-0.2, 0) is 6.54 Å². The van der Waals surface area contributed by atoms with Gasteiger partial charge in [0.05, 0.1) is 6.04 Å². The molecule has 3 aromatic carbocycles. The van der Waals surface area contributed by atoms with Crippen LogP contribution in [0, 0.1) is 0 Å². The molecule has 2 heterocycles. The first-order chi connectivity index (χ1) is 15.0. The van der Waals surface area contributed by atoms with Crippen LogP contribution < -0.4 is 0 Å². The molecule has 0 spiro atoms. The number of benzene rings is 3. The third-order valence-electron chi connectivity index (χ3n) is 5.50. The maximum Gasteiger partial charge on any atom is 0.273 e. The van der Waals surface area contributed by atoms with Gasteiger partial charge in [0, 0.05) is 22.7 Å². The zero-order valence-corrected chi connectivity index (χ0v) is 17.0. The van der Waals surface area contributed by atoms with Crippen molar-refractivity contribution < 1.29 is 15.0 Å². The predicted octanol–water partition coefficient (Wildman–Crippen LogP) is 4.89. The molecule has 1 unspecified atom stereocenters. The van der Waals surface area contributed by atoms with Gasteiger partial charge in [-0.1, -0.05) is 48.0 Å². The molecule has 1 atom stereocenters. The number of para-hydroxylation sites is 1. The molecule has 0 saturated heterocycles. The number of nitrogens with zero attached hydrogens (tertiary/aromatic N) is 2. The molecule has 154 valence electrons. The maximum atomic E-state index is 13.4. The van der Waals surface area contributed by atoms with Gasteiger partial charge in [0.2, 0.25) is 0 Å². The number of H-pyrrole nitrogens is 1. The van der Waals surface area contributed by atoms with Gasteiger partial charge in [0.25, 0.3) is 5.91 Å². The number of nitrogens with one attached hydrogen (secondary N) is 1. The first-order valence-corrected chi connectivity index (χ1v) is 10.1. The lowest BCUT2D eigenvalue weighted by atomic mass is 9.95. The van der Waals surface area contributed by atoms with Crippen molar-refractivity contribution in [2.45, 2.75) is 12.6 Å². The zero-order chi connectivity index (χ0) is 21.5. The van der Waals surface area contributed by atoms with Gasteiger partial charge in [-0.25, -0.2) is 0 Å². The number of hydrogen-bond donors (Lipinski definition) is 3. The van der Waals surface area contributed by atoms with Crippen molar-refractivity contribution in [2.24, 2.45) is 0 Å². The number of hydrogen-bond acceptors (Lipinski definition) is 4. The number of phenolic OH excluding ortho intramolecular Hbond substituents is 2. The number of fused-ring (bicyclic) bond motifs is 1. The summed E-state index contributed by atoms with van der Waals surface area (Å²) >= 11 is 6.01. The van der Waals surface area contributed by atoms with Gasteiger partial charge in [-0.3, -0.25) is 9.89 Å². The minimum absolute atomic E-state index is 0.0878. The van der Waals surface area contributed by atoms with Crippen LogP contribution in [0.1, 0.15) is 33.2 Å². The van der Waals surface area contributed by atoms with Crippen LogP contribution in [-0.4, -0.2) is 31.2 Å². The van der Waals surface area contributed by atoms with Gasteiger partial charge in [0.15, 0.2) is 0 Å². The molecule has 0 fully saturated rings. The highest BCUT2D eigenvalue weighted by Crippen LogP contribution is 2.45. The number of amides is 1. The quantitative estimate of drug-likeness (QED) is 0.429. The van der Waals surface area contributed by atoms with Crippen LogP contribution >= 0.6 is 11.6 Å². The van der Waals surface area contributed by atoms with E-state index in [4.69, 9.17) is 11.6 Å². The zero-order valence-electron chi connectivity index (χ0n) is 16.3. The van der Waals surface area contributed by atoms with Crippen LogP contribution in [0.3, 0.4) is 0 Å². The van der Waals surface area contributed by atoms with E-state index in [9.17, 15) is 15.0 Å². The number of aromatic hydroxyl groups is 2. The average Bonchev–Trinajstić information content (AvgIpc) is 3.30. The molecule has 3 N–H and O–H groups in total. The van der Waals surface area contributed by atoms with Crippen molar-refractivity contribution in [3.63, 3.8) is 0 Å². The molecule has 0 aliphatic carbocycles. The van der Waals surface area contributed by atoms with E-state index in [1.807, 2.05) is 18.2 Å². The van der Waals surface area contributed by atoms with Crippen molar-refractivity contribution in [1.29, 1.82) is 0 Å². The van der Waals surface area contributed by atoms with Crippen molar-refractivity contribution >= 4 is 17.5 Å². The fourth-order valence-corrected chi connectivity index (χ4v) is 4.15. The monoisotopic (exact) mass is 431 g/mol. The lowest BCUT2D eigenvalue weighted by molar-refractivity contribution is 0.0730. The Balaban J connectivity index is 1.65. The number of halogens is 1. The predicted molar refractivity (Wildman–Crippen MR) is 117 cm³/mol. The molecule has 5 rings (SSSR count). The number of phenols is 2. The van der Waals surface area contributed by atoms with Crippen molar-refractivity contribution in [1.82, 2.24) is 15.1 Å². The summed E-state index contributed by atoms with van der Waals surface area (Å²) in [6.07, 6.45) is 0. The Bertz CT molecular complexity index is 1270. The topological polar surface area (TPSA) is 89.5 Å². The standard InChI is InChI=1S/C24H18ClN3O3/c25-16-9-5-14(6-10-16)13-28-23(15-7-11-17(29)12-8-15)20-21(26-27-22(20)24(28)31)18-3-1-2-4-19(18)30/h1-12,23,29-30H,13H2,(H,26,27). The van der Waals surface area contributed by atoms with Crippen LogP contribution in [0.4, 0.5) is 0 Å². The fourth-order valence-electron chi connectivity index (χ4n) is 4.03. The molecular weight excluding hydrogens is 414 g/mol. The lowest BCUT2D eigenvalue weighted by Crippen LogP contribution is -2.29. The van der Waals surface area contributed by atoms with Gasteiger partial charge < -0.3 is 15.1 Å². The summed E-state index contributed by atoms with van der Waals surface area (Å²) in [5.74, 6) is 0.0488. The highest BCUT2D eigenvalue weighted by Gasteiger charge is 2.42.